The van der Waals surface area contributed by atoms with E-state index < -0.39 is 15.8 Å². The number of benzene rings is 2. The highest BCUT2D eigenvalue weighted by Gasteiger charge is 2.26. The second kappa shape index (κ2) is 11.0. The van der Waals surface area contributed by atoms with E-state index in [-0.39, 0.29) is 34.1 Å². The van der Waals surface area contributed by atoms with Crippen molar-refractivity contribution in [3.05, 3.63) is 72.4 Å². The van der Waals surface area contributed by atoms with Crippen LogP contribution in [0.25, 0.3) is 10.9 Å². The van der Waals surface area contributed by atoms with Gasteiger partial charge in [0, 0.05) is 50.0 Å². The summed E-state index contributed by atoms with van der Waals surface area (Å²) in [6, 6.07) is 10.6. The van der Waals surface area contributed by atoms with Gasteiger partial charge < -0.3 is 15.4 Å². The summed E-state index contributed by atoms with van der Waals surface area (Å²) in [7, 11) is -3.69. The Kier molecular flexibility index (Phi) is 7.58. The van der Waals surface area contributed by atoms with Crippen LogP contribution in [0.15, 0.2) is 66.0 Å². The molecule has 2 aromatic carbocycles. The largest absolute Gasteiger partial charge is 0.456 e. The first-order chi connectivity index (χ1) is 19.0. The standard InChI is InChI=1S/C28H31FN6O4S/c1-28(2,3)35-18-20(17-32-35)33-27(36)14-19-4-5-21(15-24(19)29)39-26-8-9-31-25-7-6-22(16-23(25)26)40(37,38)34-12-10-30-11-13-34/h4-9,15-18,30H,10-14H2,1-3H3,(H,33,36). The van der Waals surface area contributed by atoms with E-state index in [0.717, 1.165) is 0 Å². The molecule has 210 valence electrons. The predicted octanol–water partition coefficient (Wildman–Crippen LogP) is 3.89. The van der Waals surface area contributed by atoms with Crippen molar-refractivity contribution in [2.45, 2.75) is 37.6 Å². The first-order valence-electron chi connectivity index (χ1n) is 12.9. The van der Waals surface area contributed by atoms with Crippen molar-refractivity contribution in [1.29, 1.82) is 0 Å². The van der Waals surface area contributed by atoms with Gasteiger partial charge in [-0.05, 0) is 56.7 Å². The molecule has 4 aromatic rings. The average molecular weight is 567 g/mol. The van der Waals surface area contributed by atoms with Crippen molar-refractivity contribution >= 4 is 32.5 Å². The number of sulfonamides is 1. The van der Waals surface area contributed by atoms with E-state index in [1.165, 1.54) is 28.6 Å². The minimum absolute atomic E-state index is 0.139. The molecule has 2 N–H and O–H groups in total. The molecule has 3 heterocycles. The number of nitrogens with one attached hydrogen (secondary N) is 2. The summed E-state index contributed by atoms with van der Waals surface area (Å²) in [5.41, 5.74) is 1.05. The van der Waals surface area contributed by atoms with E-state index in [2.05, 4.69) is 20.7 Å². The Bertz CT molecular complexity index is 1660. The monoisotopic (exact) mass is 566 g/mol. The second-order valence-corrected chi connectivity index (χ2v) is 12.5. The summed E-state index contributed by atoms with van der Waals surface area (Å²) in [6.45, 7) is 7.94. The summed E-state index contributed by atoms with van der Waals surface area (Å²) >= 11 is 0. The van der Waals surface area contributed by atoms with Crippen LogP contribution in [0.4, 0.5) is 10.1 Å². The lowest BCUT2D eigenvalue weighted by molar-refractivity contribution is -0.115. The Morgan fingerprint density at radius 1 is 1.12 bits per heavy atom. The molecule has 0 radical (unpaired) electrons. The number of aromatic nitrogens is 3. The second-order valence-electron chi connectivity index (χ2n) is 10.6. The maximum Gasteiger partial charge on any atom is 0.243 e. The van der Waals surface area contributed by atoms with Gasteiger partial charge in [0.25, 0.3) is 0 Å². The van der Waals surface area contributed by atoms with Crippen LogP contribution in [0.2, 0.25) is 0 Å². The summed E-state index contributed by atoms with van der Waals surface area (Å²) < 4.78 is 50.5. The van der Waals surface area contributed by atoms with Crippen LogP contribution >= 0.6 is 0 Å². The van der Waals surface area contributed by atoms with Crippen LogP contribution in [0.5, 0.6) is 11.5 Å². The van der Waals surface area contributed by atoms with E-state index in [0.29, 0.717) is 48.5 Å². The van der Waals surface area contributed by atoms with E-state index in [9.17, 15) is 17.6 Å². The normalized spacial score (nSPS) is 14.8. The number of amides is 1. The molecule has 0 unspecified atom stereocenters. The number of ether oxygens (including phenoxy) is 1. The van der Waals surface area contributed by atoms with Crippen molar-refractivity contribution in [2.75, 3.05) is 31.5 Å². The number of hydrogen-bond acceptors (Lipinski definition) is 7. The van der Waals surface area contributed by atoms with E-state index >= 15 is 0 Å². The number of hydrogen-bond donors (Lipinski definition) is 2. The van der Waals surface area contributed by atoms with Crippen molar-refractivity contribution in [1.82, 2.24) is 24.4 Å². The summed E-state index contributed by atoms with van der Waals surface area (Å²) in [5.74, 6) is -0.433. The number of rotatable bonds is 7. The number of carbonyl (C=O) groups is 1. The smallest absolute Gasteiger partial charge is 0.243 e. The Balaban J connectivity index is 1.32. The highest BCUT2D eigenvalue weighted by Crippen LogP contribution is 2.32. The minimum Gasteiger partial charge on any atom is -0.456 e. The average Bonchev–Trinajstić information content (AvgIpc) is 3.40. The molecular formula is C28H31FN6O4S. The molecule has 0 saturated carbocycles. The topological polar surface area (TPSA) is 118 Å². The van der Waals surface area contributed by atoms with Crippen LogP contribution in [-0.4, -0.2) is 59.6 Å². The van der Waals surface area contributed by atoms with Gasteiger partial charge in [-0.1, -0.05) is 6.07 Å². The maximum atomic E-state index is 15.0. The zero-order chi connectivity index (χ0) is 28.5. The number of halogens is 1. The van der Waals surface area contributed by atoms with Crippen LogP contribution < -0.4 is 15.4 Å². The number of anilines is 1. The molecule has 0 bridgehead atoms. The summed E-state index contributed by atoms with van der Waals surface area (Å²) in [5, 5.41) is 10.6. The first-order valence-corrected chi connectivity index (χ1v) is 14.4. The lowest BCUT2D eigenvalue weighted by Gasteiger charge is -2.26. The molecule has 0 atom stereocenters. The SMILES string of the molecule is CC(C)(C)n1cc(NC(=O)Cc2ccc(Oc3ccnc4ccc(S(=O)(=O)N5CCNCC5)cc34)cc2F)cn1. The van der Waals surface area contributed by atoms with Gasteiger partial charge in [0.1, 0.15) is 17.3 Å². The Morgan fingerprint density at radius 3 is 2.60 bits per heavy atom. The van der Waals surface area contributed by atoms with E-state index in [1.54, 1.807) is 41.5 Å². The molecule has 2 aromatic heterocycles. The minimum atomic E-state index is -3.69. The predicted molar refractivity (Wildman–Crippen MR) is 149 cm³/mol. The number of nitrogens with zero attached hydrogens (tertiary/aromatic N) is 4. The molecule has 0 aliphatic carbocycles. The zero-order valence-electron chi connectivity index (χ0n) is 22.5. The van der Waals surface area contributed by atoms with E-state index in [4.69, 9.17) is 4.74 Å². The maximum absolute atomic E-state index is 15.0. The van der Waals surface area contributed by atoms with Crippen LogP contribution in [0.1, 0.15) is 26.3 Å². The van der Waals surface area contributed by atoms with Gasteiger partial charge >= 0.3 is 0 Å². The Labute approximate surface area is 232 Å². The third-order valence-electron chi connectivity index (χ3n) is 6.54. The molecule has 1 aliphatic rings. The lowest BCUT2D eigenvalue weighted by atomic mass is 10.1. The van der Waals surface area contributed by atoms with Gasteiger partial charge in [-0.2, -0.15) is 9.40 Å². The highest BCUT2D eigenvalue weighted by molar-refractivity contribution is 7.89. The van der Waals surface area contributed by atoms with Gasteiger partial charge in [0.05, 0.1) is 34.3 Å². The van der Waals surface area contributed by atoms with Crippen molar-refractivity contribution in [3.63, 3.8) is 0 Å². The third-order valence-corrected chi connectivity index (χ3v) is 8.44. The fraction of sp³-hybridized carbons (Fsp3) is 0.321. The van der Waals surface area contributed by atoms with Gasteiger partial charge in [-0.25, -0.2) is 12.8 Å². The number of fused-ring (bicyclic) bond motifs is 1. The Hall–Kier alpha value is -3.87. The van der Waals surface area contributed by atoms with Crippen LogP contribution in [-0.2, 0) is 26.8 Å². The van der Waals surface area contributed by atoms with Crippen molar-refractivity contribution in [2.24, 2.45) is 0 Å². The number of pyridine rings is 1. The third kappa shape index (κ3) is 5.98. The quantitative estimate of drug-likeness (QED) is 0.348. The molecule has 0 spiro atoms. The summed E-state index contributed by atoms with van der Waals surface area (Å²) in [4.78, 5) is 17.0. The Morgan fingerprint density at radius 2 is 1.90 bits per heavy atom. The van der Waals surface area contributed by atoms with Gasteiger partial charge in [0.2, 0.25) is 15.9 Å². The first kappa shape index (κ1) is 27.7. The molecular weight excluding hydrogens is 535 g/mol. The highest BCUT2D eigenvalue weighted by atomic mass is 32.2. The van der Waals surface area contributed by atoms with Crippen molar-refractivity contribution < 1.29 is 22.3 Å². The van der Waals surface area contributed by atoms with Crippen LogP contribution in [0.3, 0.4) is 0 Å². The molecule has 1 saturated heterocycles. The van der Waals surface area contributed by atoms with Gasteiger partial charge in [-0.3, -0.25) is 14.5 Å². The van der Waals surface area contributed by atoms with E-state index in [1.807, 2.05) is 20.8 Å². The molecule has 40 heavy (non-hydrogen) atoms. The molecule has 5 rings (SSSR count). The van der Waals surface area contributed by atoms with Crippen LogP contribution in [0, 0.1) is 5.82 Å². The molecule has 1 fully saturated rings. The molecule has 12 heteroatoms. The number of piperazine rings is 1. The van der Waals surface area contributed by atoms with Crippen molar-refractivity contribution in [3.8, 4) is 11.5 Å². The lowest BCUT2D eigenvalue weighted by Crippen LogP contribution is -2.46. The molecule has 1 amide bonds. The summed E-state index contributed by atoms with van der Waals surface area (Å²) in [6.07, 6.45) is 4.65. The van der Waals surface area contributed by atoms with Gasteiger partial charge in [0.15, 0.2) is 0 Å². The molecule has 10 nitrogen and oxygen atoms in total. The number of carbonyl (C=O) groups excluding carboxylic acids is 1. The fourth-order valence-corrected chi connectivity index (χ4v) is 5.85. The molecule has 1 aliphatic heterocycles. The zero-order valence-corrected chi connectivity index (χ0v) is 23.3. The van der Waals surface area contributed by atoms with Gasteiger partial charge in [-0.15, -0.1) is 0 Å². The fourth-order valence-electron chi connectivity index (χ4n) is 4.38.